The number of amides is 1. The number of fused-ring (bicyclic) bond motifs is 1. The van der Waals surface area contributed by atoms with Gasteiger partial charge in [-0.25, -0.2) is 0 Å². The van der Waals surface area contributed by atoms with Crippen LogP contribution in [0, 0.1) is 0 Å². The fraction of sp³-hybridized carbons (Fsp3) is 0.364. The molecular weight excluding hydrogens is 178 g/mol. The van der Waals surface area contributed by atoms with Crippen LogP contribution < -0.4 is 5.32 Å². The highest BCUT2D eigenvalue weighted by Gasteiger charge is 2.23. The van der Waals surface area contributed by atoms with E-state index in [9.17, 15) is 4.79 Å². The van der Waals surface area contributed by atoms with Crippen LogP contribution in [0.1, 0.15) is 24.3 Å². The van der Waals surface area contributed by atoms with Crippen molar-refractivity contribution in [1.29, 1.82) is 0 Å². The number of para-hydroxylation sites is 1. The minimum Gasteiger partial charge on any atom is -0.396 e. The molecule has 74 valence electrons. The fourth-order valence-corrected chi connectivity index (χ4v) is 1.92. The lowest BCUT2D eigenvalue weighted by molar-refractivity contribution is -0.116. The number of hydrogen-bond donors (Lipinski definition) is 2. The molecule has 1 unspecified atom stereocenters. The number of rotatable bonds is 2. The summed E-state index contributed by atoms with van der Waals surface area (Å²) in [6, 6.07) is 7.77. The lowest BCUT2D eigenvalue weighted by Gasteiger charge is -2.24. The van der Waals surface area contributed by atoms with Gasteiger partial charge in [-0.2, -0.15) is 0 Å². The fourth-order valence-electron chi connectivity index (χ4n) is 1.92. The maximum atomic E-state index is 11.3. The Morgan fingerprint density at radius 2 is 2.21 bits per heavy atom. The highest BCUT2D eigenvalue weighted by Crippen LogP contribution is 2.33. The summed E-state index contributed by atoms with van der Waals surface area (Å²) in [5.74, 6) is 0.215. The van der Waals surface area contributed by atoms with Crippen molar-refractivity contribution in [3.05, 3.63) is 29.8 Å². The zero-order chi connectivity index (χ0) is 9.97. The minimum absolute atomic E-state index is 0.0437. The van der Waals surface area contributed by atoms with Crippen molar-refractivity contribution in [2.75, 3.05) is 11.9 Å². The van der Waals surface area contributed by atoms with Crippen molar-refractivity contribution in [2.24, 2.45) is 0 Å². The lowest BCUT2D eigenvalue weighted by Crippen LogP contribution is -2.23. The smallest absolute Gasteiger partial charge is 0.224 e. The van der Waals surface area contributed by atoms with Crippen LogP contribution in [0.4, 0.5) is 5.69 Å². The number of hydrogen-bond acceptors (Lipinski definition) is 2. The topological polar surface area (TPSA) is 49.3 Å². The molecule has 0 radical (unpaired) electrons. The van der Waals surface area contributed by atoms with Gasteiger partial charge in [0.1, 0.15) is 0 Å². The molecule has 1 atom stereocenters. The van der Waals surface area contributed by atoms with E-state index in [0.717, 1.165) is 11.3 Å². The molecule has 3 nitrogen and oxygen atoms in total. The zero-order valence-corrected chi connectivity index (χ0v) is 7.86. The molecule has 3 heteroatoms. The molecule has 1 aromatic rings. The molecule has 2 rings (SSSR count). The average molecular weight is 191 g/mol. The average Bonchev–Trinajstić information content (AvgIpc) is 2.18. The van der Waals surface area contributed by atoms with E-state index in [0.29, 0.717) is 12.8 Å². The quantitative estimate of drug-likeness (QED) is 0.744. The summed E-state index contributed by atoms with van der Waals surface area (Å²) in [5.41, 5.74) is 2.03. The third-order valence-electron chi connectivity index (χ3n) is 2.58. The van der Waals surface area contributed by atoms with Crippen molar-refractivity contribution in [2.45, 2.75) is 18.8 Å². The van der Waals surface area contributed by atoms with Gasteiger partial charge in [0.2, 0.25) is 5.91 Å². The number of carbonyl (C=O) groups excluding carboxylic acids is 1. The first-order chi connectivity index (χ1) is 6.81. The summed E-state index contributed by atoms with van der Waals surface area (Å²) in [5, 5.41) is 11.7. The summed E-state index contributed by atoms with van der Waals surface area (Å²) in [4.78, 5) is 11.3. The number of carbonyl (C=O) groups is 1. The normalized spacial score (nSPS) is 20.1. The third kappa shape index (κ3) is 1.63. The maximum Gasteiger partial charge on any atom is 0.224 e. The molecule has 0 fully saturated rings. The molecule has 0 saturated heterocycles. The van der Waals surface area contributed by atoms with Gasteiger partial charge in [0.25, 0.3) is 0 Å². The van der Waals surface area contributed by atoms with Crippen LogP contribution >= 0.6 is 0 Å². The Morgan fingerprint density at radius 3 is 3.00 bits per heavy atom. The van der Waals surface area contributed by atoms with E-state index in [-0.39, 0.29) is 18.4 Å². The summed E-state index contributed by atoms with van der Waals surface area (Å²) in [7, 11) is 0. The van der Waals surface area contributed by atoms with Gasteiger partial charge >= 0.3 is 0 Å². The predicted molar refractivity (Wildman–Crippen MR) is 54.1 cm³/mol. The van der Waals surface area contributed by atoms with Gasteiger partial charge in [0, 0.05) is 18.7 Å². The Hall–Kier alpha value is -1.35. The molecule has 14 heavy (non-hydrogen) atoms. The number of nitrogens with one attached hydrogen (secondary N) is 1. The predicted octanol–water partition coefficient (Wildman–Crippen LogP) is 1.49. The van der Waals surface area contributed by atoms with E-state index < -0.39 is 0 Å². The zero-order valence-electron chi connectivity index (χ0n) is 7.86. The van der Waals surface area contributed by atoms with Gasteiger partial charge in [0.15, 0.2) is 0 Å². The molecule has 0 aromatic heterocycles. The molecule has 1 aliphatic heterocycles. The molecule has 0 spiro atoms. The number of aliphatic hydroxyl groups excluding tert-OH is 1. The van der Waals surface area contributed by atoms with Gasteiger partial charge in [-0.05, 0) is 24.0 Å². The number of anilines is 1. The van der Waals surface area contributed by atoms with E-state index >= 15 is 0 Å². The molecule has 1 amide bonds. The minimum atomic E-state index is 0.0437. The van der Waals surface area contributed by atoms with Crippen LogP contribution in [0.25, 0.3) is 0 Å². The molecule has 0 aliphatic carbocycles. The number of aliphatic hydroxyl groups is 1. The first kappa shape index (κ1) is 9.21. The van der Waals surface area contributed by atoms with E-state index in [1.807, 2.05) is 24.3 Å². The Morgan fingerprint density at radius 1 is 1.43 bits per heavy atom. The second-order valence-electron chi connectivity index (χ2n) is 3.55. The first-order valence-corrected chi connectivity index (χ1v) is 4.81. The van der Waals surface area contributed by atoms with E-state index in [1.165, 1.54) is 0 Å². The summed E-state index contributed by atoms with van der Waals surface area (Å²) < 4.78 is 0. The van der Waals surface area contributed by atoms with Crippen molar-refractivity contribution in [3.63, 3.8) is 0 Å². The van der Waals surface area contributed by atoms with Gasteiger partial charge in [0.05, 0.1) is 0 Å². The second-order valence-corrected chi connectivity index (χ2v) is 3.55. The van der Waals surface area contributed by atoms with E-state index in [2.05, 4.69) is 5.32 Å². The Labute approximate surface area is 82.8 Å². The molecule has 1 heterocycles. The van der Waals surface area contributed by atoms with Crippen molar-refractivity contribution in [3.8, 4) is 0 Å². The monoisotopic (exact) mass is 191 g/mol. The third-order valence-corrected chi connectivity index (χ3v) is 2.58. The van der Waals surface area contributed by atoms with E-state index in [1.54, 1.807) is 0 Å². The van der Waals surface area contributed by atoms with Gasteiger partial charge in [-0.3, -0.25) is 4.79 Å². The largest absolute Gasteiger partial charge is 0.396 e. The summed E-state index contributed by atoms with van der Waals surface area (Å²) in [6.45, 7) is 0.131. The highest BCUT2D eigenvalue weighted by molar-refractivity contribution is 5.94. The van der Waals surface area contributed by atoms with Crippen LogP contribution in [0.3, 0.4) is 0 Å². The molecular formula is C11H13NO2. The summed E-state index contributed by atoms with van der Waals surface area (Å²) in [6.07, 6.45) is 1.14. The van der Waals surface area contributed by atoms with E-state index in [4.69, 9.17) is 5.11 Å². The van der Waals surface area contributed by atoms with Crippen LogP contribution in [0.15, 0.2) is 24.3 Å². The standard InChI is InChI=1S/C11H13NO2/c13-6-5-8-7-11(14)12-10-4-2-1-3-9(8)10/h1-4,8,13H,5-7H2,(H,12,14). The summed E-state index contributed by atoms with van der Waals surface area (Å²) >= 11 is 0. The Balaban J connectivity index is 2.33. The van der Waals surface area contributed by atoms with Crippen molar-refractivity contribution in [1.82, 2.24) is 0 Å². The maximum absolute atomic E-state index is 11.3. The lowest BCUT2D eigenvalue weighted by atomic mass is 9.88. The van der Waals surface area contributed by atoms with Crippen LogP contribution in [0.5, 0.6) is 0 Å². The van der Waals surface area contributed by atoms with Crippen LogP contribution in [-0.2, 0) is 4.79 Å². The Kier molecular flexibility index (Phi) is 2.50. The first-order valence-electron chi connectivity index (χ1n) is 4.81. The van der Waals surface area contributed by atoms with Gasteiger partial charge < -0.3 is 10.4 Å². The van der Waals surface area contributed by atoms with Crippen molar-refractivity contribution < 1.29 is 9.90 Å². The molecule has 0 saturated carbocycles. The van der Waals surface area contributed by atoms with Gasteiger partial charge in [-0.1, -0.05) is 18.2 Å². The molecule has 1 aliphatic rings. The SMILES string of the molecule is O=C1CC(CCO)c2ccccc2N1. The molecule has 2 N–H and O–H groups in total. The number of benzene rings is 1. The second kappa shape index (κ2) is 3.80. The molecule has 0 bridgehead atoms. The van der Waals surface area contributed by atoms with Gasteiger partial charge in [-0.15, -0.1) is 0 Å². The van der Waals surface area contributed by atoms with Crippen LogP contribution in [-0.4, -0.2) is 17.6 Å². The highest BCUT2D eigenvalue weighted by atomic mass is 16.3. The van der Waals surface area contributed by atoms with Crippen LogP contribution in [0.2, 0.25) is 0 Å². The molecule has 1 aromatic carbocycles. The van der Waals surface area contributed by atoms with Crippen molar-refractivity contribution >= 4 is 11.6 Å². The Bertz CT molecular complexity index is 349.